The minimum Gasteiger partial charge on any atom is -0.379 e. The maximum Gasteiger partial charge on any atom is 0.273 e. The molecule has 0 saturated heterocycles. The van der Waals surface area contributed by atoms with Crippen LogP contribution in [0.2, 0.25) is 0 Å². The highest BCUT2D eigenvalue weighted by molar-refractivity contribution is 5.92. The van der Waals surface area contributed by atoms with Gasteiger partial charge in [0.05, 0.1) is 12.3 Å². The lowest BCUT2D eigenvalue weighted by molar-refractivity contribution is 0.0351. The molecule has 126 valence electrons. The van der Waals surface area contributed by atoms with Crippen LogP contribution in [0.1, 0.15) is 40.8 Å². The molecule has 0 spiro atoms. The molecular formula is C17H21N5O2. The van der Waals surface area contributed by atoms with Crippen molar-refractivity contribution in [3.8, 4) is 0 Å². The van der Waals surface area contributed by atoms with E-state index in [1.807, 2.05) is 24.1 Å². The second kappa shape index (κ2) is 6.32. The first-order chi connectivity index (χ1) is 11.7. The number of carbonyl (C=O) groups excluding carboxylic acids is 1. The van der Waals surface area contributed by atoms with Crippen LogP contribution in [0.15, 0.2) is 24.4 Å². The Morgan fingerprint density at radius 2 is 2.21 bits per heavy atom. The summed E-state index contributed by atoms with van der Waals surface area (Å²) in [5.41, 5.74) is 2.39. The first-order valence-corrected chi connectivity index (χ1v) is 8.42. The second-order valence-electron chi connectivity index (χ2n) is 6.51. The zero-order valence-corrected chi connectivity index (χ0v) is 13.8. The number of hydrogen-bond donors (Lipinski definition) is 0. The van der Waals surface area contributed by atoms with E-state index in [2.05, 4.69) is 15.3 Å². The van der Waals surface area contributed by atoms with Crippen LogP contribution in [0, 0.1) is 5.92 Å². The van der Waals surface area contributed by atoms with E-state index in [9.17, 15) is 4.79 Å². The molecule has 0 radical (unpaired) electrons. The largest absolute Gasteiger partial charge is 0.379 e. The fourth-order valence-corrected chi connectivity index (χ4v) is 3.15. The number of fused-ring (bicyclic) bond motifs is 1. The van der Waals surface area contributed by atoms with Crippen molar-refractivity contribution in [2.75, 3.05) is 19.8 Å². The normalized spacial score (nSPS) is 20.0. The lowest BCUT2D eigenvalue weighted by Gasteiger charge is -2.34. The Balaban J connectivity index is 1.57. The number of pyridine rings is 1. The van der Waals surface area contributed by atoms with E-state index in [1.165, 1.54) is 12.8 Å². The average molecular weight is 327 g/mol. The molecule has 1 saturated carbocycles. The SMILES string of the molecule is Cn1nnc2c1CCN(C(=O)c1ccccn1)[C@H]2COCC1CC1. The predicted octanol–water partition coefficient (Wildman–Crippen LogP) is 1.38. The molecule has 7 heteroatoms. The topological polar surface area (TPSA) is 73.1 Å². The van der Waals surface area contributed by atoms with Crippen LogP contribution < -0.4 is 0 Å². The average Bonchev–Trinajstić information content (AvgIpc) is 3.37. The van der Waals surface area contributed by atoms with Crippen LogP contribution in [0.4, 0.5) is 0 Å². The van der Waals surface area contributed by atoms with E-state index >= 15 is 0 Å². The van der Waals surface area contributed by atoms with Gasteiger partial charge in [0.25, 0.3) is 5.91 Å². The van der Waals surface area contributed by atoms with Crippen LogP contribution in [-0.4, -0.2) is 50.5 Å². The molecule has 0 unspecified atom stereocenters. The molecule has 1 amide bonds. The van der Waals surface area contributed by atoms with Crippen LogP contribution in [0.3, 0.4) is 0 Å². The summed E-state index contributed by atoms with van der Waals surface area (Å²) >= 11 is 0. The Kier molecular flexibility index (Phi) is 4.02. The summed E-state index contributed by atoms with van der Waals surface area (Å²) in [5, 5.41) is 8.42. The molecule has 1 aliphatic heterocycles. The van der Waals surface area contributed by atoms with Gasteiger partial charge in [0, 0.05) is 32.8 Å². The Labute approximate surface area is 140 Å². The van der Waals surface area contributed by atoms with Gasteiger partial charge in [-0.25, -0.2) is 0 Å². The molecule has 1 aliphatic carbocycles. The van der Waals surface area contributed by atoms with Gasteiger partial charge in [-0.2, -0.15) is 0 Å². The van der Waals surface area contributed by atoms with Gasteiger partial charge in [-0.3, -0.25) is 14.5 Å². The van der Waals surface area contributed by atoms with Gasteiger partial charge in [-0.05, 0) is 30.9 Å². The van der Waals surface area contributed by atoms with Crippen LogP contribution in [-0.2, 0) is 18.2 Å². The molecule has 7 nitrogen and oxygen atoms in total. The smallest absolute Gasteiger partial charge is 0.273 e. The van der Waals surface area contributed by atoms with Crippen molar-refractivity contribution >= 4 is 5.91 Å². The molecule has 2 aromatic heterocycles. The number of rotatable bonds is 5. The zero-order chi connectivity index (χ0) is 16.5. The lowest BCUT2D eigenvalue weighted by Crippen LogP contribution is -2.42. The summed E-state index contributed by atoms with van der Waals surface area (Å²) in [6, 6.07) is 5.19. The number of hydrogen-bond acceptors (Lipinski definition) is 5. The third-order valence-electron chi connectivity index (χ3n) is 4.73. The quantitative estimate of drug-likeness (QED) is 0.829. The van der Waals surface area contributed by atoms with E-state index in [1.54, 1.807) is 16.9 Å². The van der Waals surface area contributed by atoms with Crippen LogP contribution in [0.25, 0.3) is 0 Å². The summed E-state index contributed by atoms with van der Waals surface area (Å²) in [5.74, 6) is 0.613. The van der Waals surface area contributed by atoms with Crippen molar-refractivity contribution in [2.24, 2.45) is 13.0 Å². The Morgan fingerprint density at radius 1 is 1.33 bits per heavy atom. The van der Waals surface area contributed by atoms with Crippen molar-refractivity contribution < 1.29 is 9.53 Å². The van der Waals surface area contributed by atoms with Crippen molar-refractivity contribution in [1.29, 1.82) is 0 Å². The van der Waals surface area contributed by atoms with Gasteiger partial charge in [-0.15, -0.1) is 5.10 Å². The third kappa shape index (κ3) is 2.91. The second-order valence-corrected chi connectivity index (χ2v) is 6.51. The van der Waals surface area contributed by atoms with E-state index in [0.29, 0.717) is 24.8 Å². The van der Waals surface area contributed by atoms with Crippen molar-refractivity contribution in [3.63, 3.8) is 0 Å². The van der Waals surface area contributed by atoms with Gasteiger partial charge in [0.15, 0.2) is 0 Å². The monoisotopic (exact) mass is 327 g/mol. The maximum atomic E-state index is 12.9. The van der Waals surface area contributed by atoms with Gasteiger partial charge < -0.3 is 9.64 Å². The standard InChI is InChI=1S/C17H21N5O2/c1-21-14-7-9-22(17(23)13-4-2-3-8-18-13)15(16(14)19-20-21)11-24-10-12-5-6-12/h2-4,8,12,15H,5-7,9-11H2,1H3/t15-/m0/s1. The highest BCUT2D eigenvalue weighted by atomic mass is 16.5. The van der Waals surface area contributed by atoms with Crippen molar-refractivity contribution in [3.05, 3.63) is 41.5 Å². The Bertz CT molecular complexity index is 726. The van der Waals surface area contributed by atoms with Gasteiger partial charge in [0.2, 0.25) is 0 Å². The highest BCUT2D eigenvalue weighted by Gasteiger charge is 2.36. The summed E-state index contributed by atoms with van der Waals surface area (Å²) in [6.45, 7) is 1.85. The molecule has 0 bridgehead atoms. The van der Waals surface area contributed by atoms with Crippen LogP contribution in [0.5, 0.6) is 0 Å². The Morgan fingerprint density at radius 3 is 2.96 bits per heavy atom. The van der Waals surface area contributed by atoms with E-state index in [0.717, 1.165) is 24.4 Å². The summed E-state index contributed by atoms with van der Waals surface area (Å²) in [7, 11) is 1.89. The number of carbonyl (C=O) groups is 1. The highest BCUT2D eigenvalue weighted by Crippen LogP contribution is 2.32. The van der Waals surface area contributed by atoms with Crippen molar-refractivity contribution in [1.82, 2.24) is 24.9 Å². The molecule has 1 fully saturated rings. The predicted molar refractivity (Wildman–Crippen MR) is 86.3 cm³/mol. The number of aromatic nitrogens is 4. The Hall–Kier alpha value is -2.28. The molecular weight excluding hydrogens is 306 g/mol. The lowest BCUT2D eigenvalue weighted by atomic mass is 10.0. The van der Waals surface area contributed by atoms with E-state index < -0.39 is 0 Å². The first kappa shape index (κ1) is 15.3. The van der Waals surface area contributed by atoms with Gasteiger partial charge in [-0.1, -0.05) is 11.3 Å². The number of ether oxygens (including phenoxy) is 1. The first-order valence-electron chi connectivity index (χ1n) is 8.42. The van der Waals surface area contributed by atoms with Gasteiger partial charge >= 0.3 is 0 Å². The number of aryl methyl sites for hydroxylation is 1. The molecule has 2 aromatic rings. The fraction of sp³-hybridized carbons (Fsp3) is 0.529. The number of nitrogens with zero attached hydrogens (tertiary/aromatic N) is 5. The van der Waals surface area contributed by atoms with E-state index in [-0.39, 0.29) is 11.9 Å². The maximum absolute atomic E-state index is 12.9. The molecule has 3 heterocycles. The summed E-state index contributed by atoms with van der Waals surface area (Å²) in [6.07, 6.45) is 4.88. The van der Waals surface area contributed by atoms with Crippen LogP contribution >= 0.6 is 0 Å². The summed E-state index contributed by atoms with van der Waals surface area (Å²) in [4.78, 5) is 18.9. The molecule has 4 rings (SSSR count). The van der Waals surface area contributed by atoms with Crippen molar-refractivity contribution in [2.45, 2.75) is 25.3 Å². The summed E-state index contributed by atoms with van der Waals surface area (Å²) < 4.78 is 7.69. The molecule has 24 heavy (non-hydrogen) atoms. The minimum atomic E-state index is -0.198. The fourth-order valence-electron chi connectivity index (χ4n) is 3.15. The number of amides is 1. The zero-order valence-electron chi connectivity index (χ0n) is 13.8. The third-order valence-corrected chi connectivity index (χ3v) is 4.73. The van der Waals surface area contributed by atoms with E-state index in [4.69, 9.17) is 4.74 Å². The molecule has 2 aliphatic rings. The van der Waals surface area contributed by atoms with Gasteiger partial charge in [0.1, 0.15) is 17.4 Å². The molecule has 0 aromatic carbocycles. The minimum absolute atomic E-state index is 0.0769. The molecule has 0 N–H and O–H groups in total. The molecule has 1 atom stereocenters.